The molecule has 0 bridgehead atoms. The Balaban J connectivity index is 2.45. The Labute approximate surface area is 131 Å². The number of amidine groups is 1. The van der Waals surface area contributed by atoms with E-state index in [9.17, 15) is 9.59 Å². The van der Waals surface area contributed by atoms with Gasteiger partial charge in [0, 0.05) is 25.5 Å². The number of rotatable bonds is 4. The fourth-order valence-electron chi connectivity index (χ4n) is 1.90. The lowest BCUT2D eigenvalue weighted by atomic mass is 10.2. The van der Waals surface area contributed by atoms with E-state index in [1.165, 1.54) is 20.1 Å². The standard InChI is InChI=1S/C13H16N6O4/c1-8(20)23-7-11(17-14)19(15)10-5-9(13(21)22-2)6-18-4-3-16-12(10)18/h3-6H,7,14-15H2,1-2H3/b17-11-. The molecule has 0 atom stereocenters. The van der Waals surface area contributed by atoms with E-state index in [1.807, 2.05) is 0 Å². The summed E-state index contributed by atoms with van der Waals surface area (Å²) in [6.07, 6.45) is 4.74. The quantitative estimate of drug-likeness (QED) is 0.256. The van der Waals surface area contributed by atoms with E-state index in [0.717, 1.165) is 5.01 Å². The fourth-order valence-corrected chi connectivity index (χ4v) is 1.90. The first kappa shape index (κ1) is 16.2. The van der Waals surface area contributed by atoms with Gasteiger partial charge >= 0.3 is 11.9 Å². The van der Waals surface area contributed by atoms with E-state index < -0.39 is 11.9 Å². The molecule has 0 saturated carbocycles. The number of carbonyl (C=O) groups excluding carboxylic acids is 2. The highest BCUT2D eigenvalue weighted by molar-refractivity contribution is 6.02. The number of carbonyl (C=O) groups is 2. The Kier molecular flexibility index (Phi) is 4.76. The maximum absolute atomic E-state index is 11.8. The van der Waals surface area contributed by atoms with Gasteiger partial charge in [0.25, 0.3) is 0 Å². The molecule has 0 aromatic carbocycles. The predicted octanol–water partition coefficient (Wildman–Crippen LogP) is -0.364. The molecule has 23 heavy (non-hydrogen) atoms. The zero-order valence-electron chi connectivity index (χ0n) is 12.6. The van der Waals surface area contributed by atoms with Crippen molar-refractivity contribution >= 4 is 29.1 Å². The normalized spacial score (nSPS) is 11.3. The number of nitrogens with zero attached hydrogens (tertiary/aromatic N) is 4. The number of fused-ring (bicyclic) bond motifs is 1. The van der Waals surface area contributed by atoms with Gasteiger partial charge in [-0.1, -0.05) is 0 Å². The second-order valence-corrected chi connectivity index (χ2v) is 4.46. The van der Waals surface area contributed by atoms with Gasteiger partial charge in [0.15, 0.2) is 18.1 Å². The minimum absolute atomic E-state index is 0.0760. The van der Waals surface area contributed by atoms with Crippen LogP contribution < -0.4 is 16.7 Å². The van der Waals surface area contributed by atoms with Crippen LogP contribution in [0.15, 0.2) is 29.8 Å². The molecule has 10 heteroatoms. The molecule has 0 aliphatic carbocycles. The van der Waals surface area contributed by atoms with Crippen LogP contribution in [0.4, 0.5) is 5.69 Å². The number of nitrogens with two attached hydrogens (primary N) is 2. The molecule has 0 fully saturated rings. The molecule has 10 nitrogen and oxygen atoms in total. The van der Waals surface area contributed by atoms with Crippen molar-refractivity contribution in [3.63, 3.8) is 0 Å². The molecule has 0 radical (unpaired) electrons. The topological polar surface area (TPSA) is 138 Å². The van der Waals surface area contributed by atoms with E-state index >= 15 is 0 Å². The molecule has 2 heterocycles. The van der Waals surface area contributed by atoms with Crippen LogP contribution >= 0.6 is 0 Å². The number of methoxy groups -OCH3 is 1. The Hall–Kier alpha value is -3.14. The van der Waals surface area contributed by atoms with Crippen molar-refractivity contribution in [2.75, 3.05) is 18.7 Å². The Morgan fingerprint density at radius 3 is 2.83 bits per heavy atom. The van der Waals surface area contributed by atoms with Gasteiger partial charge in [-0.25, -0.2) is 15.6 Å². The Morgan fingerprint density at radius 2 is 2.22 bits per heavy atom. The number of hydrogen-bond acceptors (Lipinski definition) is 8. The molecule has 0 unspecified atom stereocenters. The van der Waals surface area contributed by atoms with Crippen molar-refractivity contribution in [2.45, 2.75) is 6.92 Å². The van der Waals surface area contributed by atoms with Gasteiger partial charge < -0.3 is 19.7 Å². The molecule has 0 spiro atoms. The number of pyridine rings is 1. The first-order valence-electron chi connectivity index (χ1n) is 6.48. The summed E-state index contributed by atoms with van der Waals surface area (Å²) in [6, 6.07) is 1.48. The molecule has 2 aromatic rings. The Morgan fingerprint density at radius 1 is 1.48 bits per heavy atom. The average molecular weight is 320 g/mol. The molecule has 0 aliphatic rings. The van der Waals surface area contributed by atoms with E-state index in [1.54, 1.807) is 23.0 Å². The summed E-state index contributed by atoms with van der Waals surface area (Å²) in [5.74, 6) is 10.3. The van der Waals surface area contributed by atoms with Crippen molar-refractivity contribution in [3.05, 3.63) is 30.2 Å². The number of hydrazine groups is 1. The molecule has 4 N–H and O–H groups in total. The second-order valence-electron chi connectivity index (χ2n) is 4.46. The summed E-state index contributed by atoms with van der Waals surface area (Å²) in [5.41, 5.74) is 1.06. The van der Waals surface area contributed by atoms with Crippen molar-refractivity contribution in [1.82, 2.24) is 9.38 Å². The van der Waals surface area contributed by atoms with Gasteiger partial charge in [-0.05, 0) is 6.07 Å². The number of hydrogen-bond donors (Lipinski definition) is 2. The third-order valence-electron chi connectivity index (χ3n) is 2.98. The maximum Gasteiger partial charge on any atom is 0.339 e. The number of ether oxygens (including phenoxy) is 2. The van der Waals surface area contributed by atoms with Crippen LogP contribution in [0.25, 0.3) is 5.65 Å². The number of esters is 2. The number of hydrazone groups is 1. The van der Waals surface area contributed by atoms with Crippen LogP contribution in [-0.4, -0.2) is 40.9 Å². The third-order valence-corrected chi connectivity index (χ3v) is 2.98. The number of imidazole rings is 1. The largest absolute Gasteiger partial charge is 0.465 e. The second kappa shape index (κ2) is 6.75. The molecule has 2 aromatic heterocycles. The van der Waals surface area contributed by atoms with Gasteiger partial charge in [0.2, 0.25) is 0 Å². The monoisotopic (exact) mass is 320 g/mol. The zero-order chi connectivity index (χ0) is 17.0. The number of aromatic nitrogens is 2. The van der Waals surface area contributed by atoms with Gasteiger partial charge in [0.05, 0.1) is 12.7 Å². The van der Waals surface area contributed by atoms with Gasteiger partial charge in [-0.15, -0.1) is 0 Å². The molecule has 0 amide bonds. The van der Waals surface area contributed by atoms with E-state index in [2.05, 4.69) is 10.1 Å². The highest BCUT2D eigenvalue weighted by atomic mass is 16.5. The molecule has 0 aliphatic heterocycles. The van der Waals surface area contributed by atoms with Gasteiger partial charge in [0.1, 0.15) is 5.69 Å². The lowest BCUT2D eigenvalue weighted by molar-refractivity contribution is -0.139. The SMILES string of the molecule is COC(=O)c1cc(N(N)/C(COC(C)=O)=N\N)c2nccn2c1. The summed E-state index contributed by atoms with van der Waals surface area (Å²) in [6.45, 7) is 1.03. The molecular formula is C13H16N6O4. The van der Waals surface area contributed by atoms with Crippen LogP contribution in [0, 0.1) is 0 Å². The van der Waals surface area contributed by atoms with E-state index in [0.29, 0.717) is 11.3 Å². The van der Waals surface area contributed by atoms with Gasteiger partial charge in [-0.2, -0.15) is 5.10 Å². The Bertz CT molecular complexity index is 769. The van der Waals surface area contributed by atoms with E-state index in [-0.39, 0.29) is 18.0 Å². The predicted molar refractivity (Wildman–Crippen MR) is 81.5 cm³/mol. The highest BCUT2D eigenvalue weighted by Gasteiger charge is 2.19. The first-order valence-corrected chi connectivity index (χ1v) is 6.48. The van der Waals surface area contributed by atoms with Crippen LogP contribution in [0.1, 0.15) is 17.3 Å². The lowest BCUT2D eigenvalue weighted by Crippen LogP contribution is -2.41. The van der Waals surface area contributed by atoms with Crippen LogP contribution in [0.3, 0.4) is 0 Å². The van der Waals surface area contributed by atoms with Crippen LogP contribution in [0.5, 0.6) is 0 Å². The first-order chi connectivity index (χ1) is 11.0. The highest BCUT2D eigenvalue weighted by Crippen LogP contribution is 2.21. The molecular weight excluding hydrogens is 304 g/mol. The third kappa shape index (κ3) is 3.37. The summed E-state index contributed by atoms with van der Waals surface area (Å²) in [7, 11) is 1.27. The van der Waals surface area contributed by atoms with Crippen molar-refractivity contribution in [3.8, 4) is 0 Å². The minimum atomic E-state index is -0.540. The van der Waals surface area contributed by atoms with Crippen LogP contribution in [0.2, 0.25) is 0 Å². The maximum atomic E-state index is 11.8. The minimum Gasteiger partial charge on any atom is -0.465 e. The molecule has 2 rings (SSSR count). The van der Waals surface area contributed by atoms with Crippen molar-refractivity contribution in [1.29, 1.82) is 0 Å². The van der Waals surface area contributed by atoms with Crippen LogP contribution in [-0.2, 0) is 14.3 Å². The smallest absolute Gasteiger partial charge is 0.339 e. The van der Waals surface area contributed by atoms with Crippen molar-refractivity contribution in [2.24, 2.45) is 16.8 Å². The summed E-state index contributed by atoms with van der Waals surface area (Å²) < 4.78 is 11.1. The van der Waals surface area contributed by atoms with E-state index in [4.69, 9.17) is 21.2 Å². The number of anilines is 1. The summed E-state index contributed by atoms with van der Waals surface area (Å²) in [4.78, 5) is 26.9. The molecule has 122 valence electrons. The zero-order valence-corrected chi connectivity index (χ0v) is 12.6. The summed E-state index contributed by atoms with van der Waals surface area (Å²) >= 11 is 0. The van der Waals surface area contributed by atoms with Gasteiger partial charge in [-0.3, -0.25) is 9.80 Å². The van der Waals surface area contributed by atoms with Crippen molar-refractivity contribution < 1.29 is 19.1 Å². The average Bonchev–Trinajstić information content (AvgIpc) is 3.01. The lowest BCUT2D eigenvalue weighted by Gasteiger charge is -2.20. The molecule has 0 saturated heterocycles. The summed E-state index contributed by atoms with van der Waals surface area (Å²) in [5, 5.41) is 4.60. The fraction of sp³-hybridized carbons (Fsp3) is 0.231.